The summed E-state index contributed by atoms with van der Waals surface area (Å²) >= 11 is 0. The Morgan fingerprint density at radius 2 is 2.43 bits per heavy atom. The van der Waals surface area contributed by atoms with E-state index in [1.165, 1.54) is 0 Å². The van der Waals surface area contributed by atoms with Crippen molar-refractivity contribution < 1.29 is 9.53 Å². The van der Waals surface area contributed by atoms with Crippen molar-refractivity contribution in [3.05, 3.63) is 0 Å². The molecule has 82 valence electrons. The second-order valence-corrected chi connectivity index (χ2v) is 3.80. The fourth-order valence-corrected chi connectivity index (χ4v) is 1.73. The molecule has 0 spiro atoms. The normalized spacial score (nSPS) is 21.1. The predicted octanol–water partition coefficient (Wildman–Crippen LogP) is 0.0908. The molecule has 1 atom stereocenters. The number of carbonyl (C=O) groups is 1. The van der Waals surface area contributed by atoms with Crippen LogP contribution in [0.25, 0.3) is 0 Å². The molecule has 0 aliphatic carbocycles. The summed E-state index contributed by atoms with van der Waals surface area (Å²) in [7, 11) is 3.55. The predicted molar refractivity (Wildman–Crippen MR) is 55.1 cm³/mol. The van der Waals surface area contributed by atoms with Crippen molar-refractivity contribution in [2.75, 3.05) is 40.4 Å². The number of carbonyl (C=O) groups excluding carboxylic acids is 1. The van der Waals surface area contributed by atoms with E-state index in [4.69, 9.17) is 4.74 Å². The Hall–Kier alpha value is -0.610. The molecule has 0 aromatic rings. The SMILES string of the molecule is COCCCN(C)C(=O)C1CCNC1. The first-order chi connectivity index (χ1) is 6.75. The summed E-state index contributed by atoms with van der Waals surface area (Å²) in [5.74, 6) is 0.466. The Bertz CT molecular complexity index is 179. The molecule has 1 saturated heterocycles. The van der Waals surface area contributed by atoms with Gasteiger partial charge in [-0.25, -0.2) is 0 Å². The van der Waals surface area contributed by atoms with Gasteiger partial charge in [-0.3, -0.25) is 4.79 Å². The van der Waals surface area contributed by atoms with Crippen LogP contribution >= 0.6 is 0 Å². The number of rotatable bonds is 5. The lowest BCUT2D eigenvalue weighted by Gasteiger charge is -2.20. The van der Waals surface area contributed by atoms with Crippen LogP contribution in [-0.4, -0.2) is 51.2 Å². The quantitative estimate of drug-likeness (QED) is 0.640. The number of amides is 1. The van der Waals surface area contributed by atoms with Gasteiger partial charge < -0.3 is 15.0 Å². The smallest absolute Gasteiger partial charge is 0.226 e. The highest BCUT2D eigenvalue weighted by Crippen LogP contribution is 2.10. The van der Waals surface area contributed by atoms with Crippen LogP contribution < -0.4 is 5.32 Å². The molecule has 0 radical (unpaired) electrons. The maximum atomic E-state index is 11.8. The molecular weight excluding hydrogens is 180 g/mol. The maximum Gasteiger partial charge on any atom is 0.226 e. The Morgan fingerprint density at radius 3 is 3.00 bits per heavy atom. The van der Waals surface area contributed by atoms with Crippen molar-refractivity contribution >= 4 is 5.91 Å². The molecule has 1 fully saturated rings. The third-order valence-electron chi connectivity index (χ3n) is 2.63. The van der Waals surface area contributed by atoms with Crippen LogP contribution in [0.2, 0.25) is 0 Å². The first-order valence-corrected chi connectivity index (χ1v) is 5.20. The second kappa shape index (κ2) is 5.98. The van der Waals surface area contributed by atoms with Crippen LogP contribution in [0.5, 0.6) is 0 Å². The van der Waals surface area contributed by atoms with Crippen molar-refractivity contribution in [2.45, 2.75) is 12.8 Å². The van der Waals surface area contributed by atoms with E-state index in [2.05, 4.69) is 5.32 Å². The lowest BCUT2D eigenvalue weighted by Crippen LogP contribution is -2.35. The average Bonchev–Trinajstić information content (AvgIpc) is 2.69. The summed E-state index contributed by atoms with van der Waals surface area (Å²) in [6, 6.07) is 0. The molecule has 1 unspecified atom stereocenters. The third kappa shape index (κ3) is 3.27. The molecular formula is C10H20N2O2. The van der Waals surface area contributed by atoms with Crippen molar-refractivity contribution in [3.8, 4) is 0 Å². The van der Waals surface area contributed by atoms with E-state index in [0.29, 0.717) is 0 Å². The standard InChI is InChI=1S/C10H20N2O2/c1-12(6-3-7-14-2)10(13)9-4-5-11-8-9/h9,11H,3-8H2,1-2H3. The number of nitrogens with zero attached hydrogens (tertiary/aromatic N) is 1. The molecule has 1 aliphatic heterocycles. The van der Waals surface area contributed by atoms with Crippen LogP contribution in [0.4, 0.5) is 0 Å². The summed E-state index contributed by atoms with van der Waals surface area (Å²) in [5.41, 5.74) is 0. The zero-order valence-electron chi connectivity index (χ0n) is 9.08. The van der Waals surface area contributed by atoms with Gasteiger partial charge in [0.05, 0.1) is 5.92 Å². The Labute approximate surface area is 85.6 Å². The monoisotopic (exact) mass is 200 g/mol. The van der Waals surface area contributed by atoms with Gasteiger partial charge in [-0.2, -0.15) is 0 Å². The van der Waals surface area contributed by atoms with E-state index >= 15 is 0 Å². The van der Waals surface area contributed by atoms with E-state index in [9.17, 15) is 4.79 Å². The minimum Gasteiger partial charge on any atom is -0.385 e. The van der Waals surface area contributed by atoms with Gasteiger partial charge in [-0.1, -0.05) is 0 Å². The molecule has 4 heteroatoms. The minimum atomic E-state index is 0.197. The zero-order chi connectivity index (χ0) is 10.4. The van der Waals surface area contributed by atoms with Crippen LogP contribution in [-0.2, 0) is 9.53 Å². The van der Waals surface area contributed by atoms with E-state index in [-0.39, 0.29) is 11.8 Å². The van der Waals surface area contributed by atoms with Crippen molar-refractivity contribution in [2.24, 2.45) is 5.92 Å². The maximum absolute atomic E-state index is 11.8. The van der Waals surface area contributed by atoms with Crippen LogP contribution in [0.15, 0.2) is 0 Å². The van der Waals surface area contributed by atoms with Crippen LogP contribution in [0, 0.1) is 5.92 Å². The third-order valence-corrected chi connectivity index (χ3v) is 2.63. The van der Waals surface area contributed by atoms with Crippen molar-refractivity contribution in [1.29, 1.82) is 0 Å². The lowest BCUT2D eigenvalue weighted by atomic mass is 10.1. The molecule has 0 saturated carbocycles. The van der Waals surface area contributed by atoms with Gasteiger partial charge in [0.1, 0.15) is 0 Å². The molecule has 1 amide bonds. The first-order valence-electron chi connectivity index (χ1n) is 5.20. The van der Waals surface area contributed by atoms with Crippen LogP contribution in [0.3, 0.4) is 0 Å². The highest BCUT2D eigenvalue weighted by molar-refractivity contribution is 5.79. The molecule has 0 bridgehead atoms. The number of methoxy groups -OCH3 is 1. The summed E-state index contributed by atoms with van der Waals surface area (Å²) < 4.78 is 4.95. The Balaban J connectivity index is 2.21. The molecule has 14 heavy (non-hydrogen) atoms. The van der Waals surface area contributed by atoms with E-state index in [1.54, 1.807) is 7.11 Å². The summed E-state index contributed by atoms with van der Waals surface area (Å²) in [5, 5.41) is 3.20. The van der Waals surface area contributed by atoms with E-state index in [1.807, 2.05) is 11.9 Å². The molecule has 4 nitrogen and oxygen atoms in total. The molecule has 0 aromatic heterocycles. The average molecular weight is 200 g/mol. The van der Waals surface area contributed by atoms with E-state index in [0.717, 1.165) is 39.1 Å². The highest BCUT2D eigenvalue weighted by Gasteiger charge is 2.24. The summed E-state index contributed by atoms with van der Waals surface area (Å²) in [6.45, 7) is 3.33. The van der Waals surface area contributed by atoms with Gasteiger partial charge in [0, 0.05) is 33.9 Å². The topological polar surface area (TPSA) is 41.6 Å². The first kappa shape index (κ1) is 11.5. The van der Waals surface area contributed by atoms with Gasteiger partial charge in [-0.05, 0) is 19.4 Å². The molecule has 1 heterocycles. The van der Waals surface area contributed by atoms with Gasteiger partial charge in [-0.15, -0.1) is 0 Å². The molecule has 1 rings (SSSR count). The minimum absolute atomic E-state index is 0.197. The zero-order valence-corrected chi connectivity index (χ0v) is 9.08. The summed E-state index contributed by atoms with van der Waals surface area (Å²) in [6.07, 6.45) is 1.90. The van der Waals surface area contributed by atoms with Gasteiger partial charge in [0.2, 0.25) is 5.91 Å². The summed E-state index contributed by atoms with van der Waals surface area (Å²) in [4.78, 5) is 13.6. The second-order valence-electron chi connectivity index (χ2n) is 3.80. The number of hydrogen-bond donors (Lipinski definition) is 1. The van der Waals surface area contributed by atoms with Crippen molar-refractivity contribution in [3.63, 3.8) is 0 Å². The van der Waals surface area contributed by atoms with Crippen LogP contribution in [0.1, 0.15) is 12.8 Å². The van der Waals surface area contributed by atoms with Gasteiger partial charge in [0.15, 0.2) is 0 Å². The number of hydrogen-bond acceptors (Lipinski definition) is 3. The molecule has 0 aromatic carbocycles. The Kier molecular flexibility index (Phi) is 4.90. The number of nitrogens with one attached hydrogen (secondary N) is 1. The fraction of sp³-hybridized carbons (Fsp3) is 0.900. The number of ether oxygens (including phenoxy) is 1. The lowest BCUT2D eigenvalue weighted by molar-refractivity contribution is -0.133. The van der Waals surface area contributed by atoms with E-state index < -0.39 is 0 Å². The fourth-order valence-electron chi connectivity index (χ4n) is 1.73. The molecule has 1 N–H and O–H groups in total. The van der Waals surface area contributed by atoms with Gasteiger partial charge in [0.25, 0.3) is 0 Å². The highest BCUT2D eigenvalue weighted by atomic mass is 16.5. The largest absolute Gasteiger partial charge is 0.385 e. The van der Waals surface area contributed by atoms with Gasteiger partial charge >= 0.3 is 0 Å². The van der Waals surface area contributed by atoms with Crippen molar-refractivity contribution in [1.82, 2.24) is 10.2 Å². The molecule has 1 aliphatic rings. The Morgan fingerprint density at radius 1 is 1.64 bits per heavy atom.